The van der Waals surface area contributed by atoms with E-state index in [0.717, 1.165) is 42.9 Å². The molecule has 2 amide bonds. The van der Waals surface area contributed by atoms with Gasteiger partial charge in [0.05, 0.1) is 13.2 Å². The summed E-state index contributed by atoms with van der Waals surface area (Å²) in [5.41, 5.74) is 1.76. The quantitative estimate of drug-likeness (QED) is 0.730. The van der Waals surface area contributed by atoms with Crippen molar-refractivity contribution < 1.29 is 14.3 Å². The van der Waals surface area contributed by atoms with Crippen molar-refractivity contribution in [2.75, 3.05) is 44.7 Å². The molecule has 1 aliphatic rings. The number of nitrogens with zero attached hydrogens (tertiary/aromatic N) is 1. The van der Waals surface area contributed by atoms with Crippen LogP contribution in [0, 0.1) is 6.92 Å². The van der Waals surface area contributed by atoms with E-state index in [0.29, 0.717) is 12.2 Å². The highest BCUT2D eigenvalue weighted by Crippen LogP contribution is 2.20. The summed E-state index contributed by atoms with van der Waals surface area (Å²) in [6, 6.07) is 5.54. The Morgan fingerprint density at radius 2 is 2.00 bits per heavy atom. The minimum absolute atomic E-state index is 0.172. The summed E-state index contributed by atoms with van der Waals surface area (Å²) in [7, 11) is 0. The first-order chi connectivity index (χ1) is 11.0. The van der Waals surface area contributed by atoms with Crippen LogP contribution in [-0.4, -0.2) is 56.1 Å². The molecule has 23 heavy (non-hydrogen) atoms. The zero-order chi connectivity index (χ0) is 16.7. The predicted molar refractivity (Wildman–Crippen MR) is 92.4 cm³/mol. The Morgan fingerprint density at radius 1 is 1.26 bits per heavy atom. The van der Waals surface area contributed by atoms with Gasteiger partial charge in [0.25, 0.3) is 0 Å². The molecular formula is C16H22BrN3O3. The fourth-order valence-corrected chi connectivity index (χ4v) is 2.64. The van der Waals surface area contributed by atoms with Crippen LogP contribution in [0.2, 0.25) is 0 Å². The van der Waals surface area contributed by atoms with Crippen LogP contribution >= 0.6 is 15.9 Å². The lowest BCUT2D eigenvalue weighted by atomic mass is 10.2. The zero-order valence-electron chi connectivity index (χ0n) is 13.2. The molecule has 0 unspecified atom stereocenters. The molecule has 0 spiro atoms. The van der Waals surface area contributed by atoms with Gasteiger partial charge in [-0.15, -0.1) is 0 Å². The van der Waals surface area contributed by atoms with E-state index in [1.165, 1.54) is 0 Å². The molecule has 0 bridgehead atoms. The summed E-state index contributed by atoms with van der Waals surface area (Å²) in [5.74, 6) is -0.577. The van der Waals surface area contributed by atoms with Crippen molar-refractivity contribution >= 4 is 33.4 Å². The Labute approximate surface area is 144 Å². The number of rotatable bonds is 6. The average molecular weight is 384 g/mol. The molecule has 0 aromatic heterocycles. The van der Waals surface area contributed by atoms with Crippen LogP contribution in [-0.2, 0) is 14.3 Å². The first kappa shape index (κ1) is 17.9. The second-order valence-corrected chi connectivity index (χ2v) is 6.35. The largest absolute Gasteiger partial charge is 0.379 e. The molecule has 1 fully saturated rings. The van der Waals surface area contributed by atoms with Crippen LogP contribution in [0.25, 0.3) is 0 Å². The van der Waals surface area contributed by atoms with E-state index >= 15 is 0 Å². The number of halogens is 1. The molecule has 2 N–H and O–H groups in total. The molecule has 1 aromatic rings. The van der Waals surface area contributed by atoms with Crippen LogP contribution in [0.4, 0.5) is 5.69 Å². The van der Waals surface area contributed by atoms with Gasteiger partial charge in [-0.3, -0.25) is 14.5 Å². The van der Waals surface area contributed by atoms with Crippen molar-refractivity contribution in [3.05, 3.63) is 28.2 Å². The van der Waals surface area contributed by atoms with Crippen LogP contribution < -0.4 is 10.6 Å². The third-order valence-corrected chi connectivity index (χ3v) is 4.48. The van der Waals surface area contributed by atoms with Gasteiger partial charge in [0.15, 0.2) is 0 Å². The summed E-state index contributed by atoms with van der Waals surface area (Å²) < 4.78 is 6.19. The molecule has 1 aromatic carbocycles. The normalized spacial score (nSPS) is 15.2. The monoisotopic (exact) mass is 383 g/mol. The number of hydrogen-bond donors (Lipinski definition) is 2. The van der Waals surface area contributed by atoms with E-state index in [1.807, 2.05) is 25.1 Å². The van der Waals surface area contributed by atoms with Gasteiger partial charge < -0.3 is 15.4 Å². The van der Waals surface area contributed by atoms with Gasteiger partial charge in [-0.25, -0.2) is 0 Å². The van der Waals surface area contributed by atoms with Gasteiger partial charge in [-0.05, 0) is 24.6 Å². The zero-order valence-corrected chi connectivity index (χ0v) is 14.8. The molecule has 1 heterocycles. The number of amides is 2. The Hall–Kier alpha value is -1.44. The standard InChI is InChI=1S/C16H22BrN3O3/c1-12-2-3-13(10-14(12)17)19-16(22)11-15(21)18-4-5-20-6-8-23-9-7-20/h2-3,10H,4-9,11H2,1H3,(H,18,21)(H,19,22). The molecule has 126 valence electrons. The Kier molecular flexibility index (Phi) is 7.01. The second kappa shape index (κ2) is 9.00. The van der Waals surface area contributed by atoms with Gasteiger partial charge in [0.1, 0.15) is 6.42 Å². The first-order valence-corrected chi connectivity index (χ1v) is 8.46. The van der Waals surface area contributed by atoms with Gasteiger partial charge in [0, 0.05) is 36.3 Å². The SMILES string of the molecule is Cc1ccc(NC(=O)CC(=O)NCCN2CCOCC2)cc1Br. The molecule has 1 saturated heterocycles. The third kappa shape index (κ3) is 6.29. The minimum Gasteiger partial charge on any atom is -0.379 e. The number of ether oxygens (including phenoxy) is 1. The highest BCUT2D eigenvalue weighted by atomic mass is 79.9. The molecule has 7 heteroatoms. The van der Waals surface area contributed by atoms with Crippen LogP contribution in [0.5, 0.6) is 0 Å². The molecule has 0 radical (unpaired) electrons. The fourth-order valence-electron chi connectivity index (χ4n) is 2.26. The van der Waals surface area contributed by atoms with E-state index in [1.54, 1.807) is 0 Å². The molecule has 6 nitrogen and oxygen atoms in total. The lowest BCUT2D eigenvalue weighted by molar-refractivity contribution is -0.126. The molecule has 2 rings (SSSR count). The smallest absolute Gasteiger partial charge is 0.233 e. The van der Waals surface area contributed by atoms with Gasteiger partial charge in [-0.1, -0.05) is 22.0 Å². The average Bonchev–Trinajstić information content (AvgIpc) is 2.52. The topological polar surface area (TPSA) is 70.7 Å². The Morgan fingerprint density at radius 3 is 2.70 bits per heavy atom. The number of nitrogens with one attached hydrogen (secondary N) is 2. The Bertz CT molecular complexity index is 560. The number of carbonyl (C=O) groups is 2. The summed E-state index contributed by atoms with van der Waals surface area (Å²) in [6.07, 6.45) is -0.172. The first-order valence-electron chi connectivity index (χ1n) is 7.67. The third-order valence-electron chi connectivity index (χ3n) is 3.63. The van der Waals surface area contributed by atoms with Crippen LogP contribution in [0.15, 0.2) is 22.7 Å². The minimum atomic E-state index is -0.315. The van der Waals surface area contributed by atoms with E-state index in [4.69, 9.17) is 4.74 Å². The van der Waals surface area contributed by atoms with Crippen molar-refractivity contribution in [1.82, 2.24) is 10.2 Å². The summed E-state index contributed by atoms with van der Waals surface area (Å²) in [6.45, 7) is 6.55. The maximum atomic E-state index is 11.9. The Balaban J connectivity index is 1.67. The van der Waals surface area contributed by atoms with Crippen molar-refractivity contribution in [2.24, 2.45) is 0 Å². The molecule has 1 aliphatic heterocycles. The van der Waals surface area contributed by atoms with E-state index in [-0.39, 0.29) is 18.2 Å². The van der Waals surface area contributed by atoms with E-state index in [2.05, 4.69) is 31.5 Å². The number of morpholine rings is 1. The summed E-state index contributed by atoms with van der Waals surface area (Å²) in [5, 5.41) is 5.50. The highest BCUT2D eigenvalue weighted by molar-refractivity contribution is 9.10. The van der Waals surface area contributed by atoms with Gasteiger partial charge in [-0.2, -0.15) is 0 Å². The molecule has 0 saturated carbocycles. The number of benzene rings is 1. The number of hydrogen-bond acceptors (Lipinski definition) is 4. The van der Waals surface area contributed by atoms with Crippen molar-refractivity contribution in [1.29, 1.82) is 0 Å². The van der Waals surface area contributed by atoms with Gasteiger partial charge >= 0.3 is 0 Å². The van der Waals surface area contributed by atoms with E-state index in [9.17, 15) is 9.59 Å². The van der Waals surface area contributed by atoms with Crippen LogP contribution in [0.3, 0.4) is 0 Å². The summed E-state index contributed by atoms with van der Waals surface area (Å²) >= 11 is 3.41. The van der Waals surface area contributed by atoms with Crippen LogP contribution in [0.1, 0.15) is 12.0 Å². The molecule has 0 aliphatic carbocycles. The molecule has 0 atom stereocenters. The van der Waals surface area contributed by atoms with E-state index < -0.39 is 0 Å². The highest BCUT2D eigenvalue weighted by Gasteiger charge is 2.12. The maximum absolute atomic E-state index is 11.9. The number of aryl methyl sites for hydroxylation is 1. The number of anilines is 1. The van der Waals surface area contributed by atoms with Crippen molar-refractivity contribution in [3.8, 4) is 0 Å². The lowest BCUT2D eigenvalue weighted by Gasteiger charge is -2.26. The lowest BCUT2D eigenvalue weighted by Crippen LogP contribution is -2.41. The van der Waals surface area contributed by atoms with Crippen molar-refractivity contribution in [2.45, 2.75) is 13.3 Å². The number of carbonyl (C=O) groups excluding carboxylic acids is 2. The van der Waals surface area contributed by atoms with Gasteiger partial charge in [0.2, 0.25) is 11.8 Å². The van der Waals surface area contributed by atoms with Crippen molar-refractivity contribution in [3.63, 3.8) is 0 Å². The second-order valence-electron chi connectivity index (χ2n) is 5.49. The summed E-state index contributed by atoms with van der Waals surface area (Å²) in [4.78, 5) is 25.9. The fraction of sp³-hybridized carbons (Fsp3) is 0.500. The predicted octanol–water partition coefficient (Wildman–Crippen LogP) is 1.53. The molecular weight excluding hydrogens is 362 g/mol. The maximum Gasteiger partial charge on any atom is 0.233 e.